The predicted molar refractivity (Wildman–Crippen MR) is 74.9 cm³/mol. The van der Waals surface area contributed by atoms with Crippen molar-refractivity contribution in [1.29, 1.82) is 0 Å². The molecule has 2 N–H and O–H groups in total. The molecule has 0 atom stereocenters. The topological polar surface area (TPSA) is 55.6 Å². The SMILES string of the molecule is COCCN(CCN)C(=O)C1Cc2ccccc2C1. The molecule has 1 aliphatic rings. The summed E-state index contributed by atoms with van der Waals surface area (Å²) >= 11 is 0. The summed E-state index contributed by atoms with van der Waals surface area (Å²) in [6.07, 6.45) is 1.70. The van der Waals surface area contributed by atoms with Gasteiger partial charge in [0.05, 0.1) is 6.61 Å². The standard InChI is InChI=1S/C15H22N2O2/c1-19-9-8-17(7-6-16)15(18)14-10-12-4-2-3-5-13(12)11-14/h2-5,14H,6-11,16H2,1H3. The minimum absolute atomic E-state index is 0.0702. The fourth-order valence-corrected chi connectivity index (χ4v) is 2.68. The highest BCUT2D eigenvalue weighted by Crippen LogP contribution is 2.27. The number of methoxy groups -OCH3 is 1. The number of hydrogen-bond acceptors (Lipinski definition) is 3. The van der Waals surface area contributed by atoms with Crippen LogP contribution in [-0.4, -0.2) is 44.2 Å². The molecule has 0 fully saturated rings. The normalized spacial score (nSPS) is 14.4. The summed E-state index contributed by atoms with van der Waals surface area (Å²) in [5, 5.41) is 0. The molecule has 0 unspecified atom stereocenters. The molecule has 0 aromatic heterocycles. The maximum absolute atomic E-state index is 12.5. The number of hydrogen-bond donors (Lipinski definition) is 1. The number of ether oxygens (including phenoxy) is 1. The van der Waals surface area contributed by atoms with Gasteiger partial charge in [0, 0.05) is 32.7 Å². The minimum atomic E-state index is 0.0702. The summed E-state index contributed by atoms with van der Waals surface area (Å²) in [4.78, 5) is 14.4. The van der Waals surface area contributed by atoms with E-state index in [-0.39, 0.29) is 11.8 Å². The lowest BCUT2D eigenvalue weighted by Crippen LogP contribution is -2.41. The van der Waals surface area contributed by atoms with Gasteiger partial charge < -0.3 is 15.4 Å². The van der Waals surface area contributed by atoms with Crippen LogP contribution in [0.1, 0.15) is 11.1 Å². The molecule has 1 aromatic rings. The predicted octanol–water partition coefficient (Wildman–Crippen LogP) is 0.835. The summed E-state index contributed by atoms with van der Waals surface area (Å²) < 4.78 is 5.06. The third-order valence-electron chi connectivity index (χ3n) is 3.68. The number of nitrogens with zero attached hydrogens (tertiary/aromatic N) is 1. The van der Waals surface area contributed by atoms with Crippen molar-refractivity contribution in [3.8, 4) is 0 Å². The molecule has 19 heavy (non-hydrogen) atoms. The molecule has 104 valence electrons. The number of fused-ring (bicyclic) bond motifs is 1. The number of carbonyl (C=O) groups is 1. The molecule has 0 spiro atoms. The molecule has 4 nitrogen and oxygen atoms in total. The molecular weight excluding hydrogens is 240 g/mol. The van der Waals surface area contributed by atoms with Gasteiger partial charge in [-0.3, -0.25) is 4.79 Å². The van der Waals surface area contributed by atoms with Gasteiger partial charge in [-0.15, -0.1) is 0 Å². The van der Waals surface area contributed by atoms with Crippen LogP contribution in [0.4, 0.5) is 0 Å². The maximum Gasteiger partial charge on any atom is 0.226 e. The Bertz CT molecular complexity index is 409. The number of benzene rings is 1. The first-order valence-corrected chi connectivity index (χ1v) is 6.80. The van der Waals surface area contributed by atoms with E-state index in [9.17, 15) is 4.79 Å². The van der Waals surface area contributed by atoms with Crippen molar-refractivity contribution in [2.24, 2.45) is 11.7 Å². The van der Waals surface area contributed by atoms with Crippen LogP contribution in [0.3, 0.4) is 0 Å². The lowest BCUT2D eigenvalue weighted by molar-refractivity contribution is -0.135. The molecule has 4 heteroatoms. The van der Waals surface area contributed by atoms with Crippen molar-refractivity contribution in [3.63, 3.8) is 0 Å². The molecular formula is C15H22N2O2. The van der Waals surface area contributed by atoms with E-state index in [2.05, 4.69) is 12.1 Å². The van der Waals surface area contributed by atoms with Gasteiger partial charge in [0.2, 0.25) is 5.91 Å². The van der Waals surface area contributed by atoms with Gasteiger partial charge in [0.1, 0.15) is 0 Å². The van der Waals surface area contributed by atoms with Crippen LogP contribution in [0.5, 0.6) is 0 Å². The van der Waals surface area contributed by atoms with Crippen LogP contribution < -0.4 is 5.73 Å². The van der Waals surface area contributed by atoms with Crippen LogP contribution in [0.15, 0.2) is 24.3 Å². The molecule has 0 saturated heterocycles. The summed E-state index contributed by atoms with van der Waals surface area (Å²) in [5.41, 5.74) is 8.20. The third-order valence-corrected chi connectivity index (χ3v) is 3.68. The molecule has 0 radical (unpaired) electrons. The second-order valence-corrected chi connectivity index (χ2v) is 4.98. The molecule has 0 bridgehead atoms. The van der Waals surface area contributed by atoms with Crippen LogP contribution in [0.25, 0.3) is 0 Å². The van der Waals surface area contributed by atoms with E-state index in [0.717, 1.165) is 12.8 Å². The lowest BCUT2D eigenvalue weighted by atomic mass is 10.0. The quantitative estimate of drug-likeness (QED) is 0.826. The highest BCUT2D eigenvalue weighted by molar-refractivity contribution is 5.80. The summed E-state index contributed by atoms with van der Waals surface area (Å²) in [5.74, 6) is 0.277. The van der Waals surface area contributed by atoms with E-state index in [1.807, 2.05) is 17.0 Å². The Morgan fingerprint density at radius 2 is 1.95 bits per heavy atom. The zero-order chi connectivity index (χ0) is 13.7. The van der Waals surface area contributed by atoms with Gasteiger partial charge in [0.25, 0.3) is 0 Å². The van der Waals surface area contributed by atoms with E-state index in [1.165, 1.54) is 11.1 Å². The van der Waals surface area contributed by atoms with E-state index in [1.54, 1.807) is 7.11 Å². The van der Waals surface area contributed by atoms with Crippen LogP contribution >= 0.6 is 0 Å². The van der Waals surface area contributed by atoms with E-state index >= 15 is 0 Å². The fraction of sp³-hybridized carbons (Fsp3) is 0.533. The zero-order valence-corrected chi connectivity index (χ0v) is 11.5. The minimum Gasteiger partial charge on any atom is -0.383 e. The Kier molecular flexibility index (Phi) is 4.93. The fourth-order valence-electron chi connectivity index (χ4n) is 2.68. The average Bonchev–Trinajstić information content (AvgIpc) is 2.86. The number of carbonyl (C=O) groups excluding carboxylic acids is 1. The molecule has 1 aliphatic carbocycles. The van der Waals surface area contributed by atoms with Gasteiger partial charge in [-0.2, -0.15) is 0 Å². The van der Waals surface area contributed by atoms with Crippen molar-refractivity contribution in [2.45, 2.75) is 12.8 Å². The molecule has 0 saturated carbocycles. The van der Waals surface area contributed by atoms with Crippen LogP contribution in [0.2, 0.25) is 0 Å². The summed E-state index contributed by atoms with van der Waals surface area (Å²) in [6.45, 7) is 2.29. The monoisotopic (exact) mass is 262 g/mol. The first-order valence-electron chi connectivity index (χ1n) is 6.80. The van der Waals surface area contributed by atoms with Gasteiger partial charge in [-0.1, -0.05) is 24.3 Å². The Hall–Kier alpha value is -1.39. The molecule has 1 aromatic carbocycles. The smallest absolute Gasteiger partial charge is 0.226 e. The molecule has 0 heterocycles. The Morgan fingerprint density at radius 3 is 2.47 bits per heavy atom. The second-order valence-electron chi connectivity index (χ2n) is 4.98. The Balaban J connectivity index is 1.99. The van der Waals surface area contributed by atoms with Crippen LogP contribution in [-0.2, 0) is 22.4 Å². The first kappa shape index (κ1) is 14.0. The maximum atomic E-state index is 12.5. The Morgan fingerprint density at radius 1 is 1.32 bits per heavy atom. The third kappa shape index (κ3) is 3.33. The van der Waals surface area contributed by atoms with Crippen molar-refractivity contribution in [1.82, 2.24) is 4.90 Å². The number of amides is 1. The molecule has 2 rings (SSSR count). The van der Waals surface area contributed by atoms with Gasteiger partial charge in [-0.25, -0.2) is 0 Å². The zero-order valence-electron chi connectivity index (χ0n) is 11.5. The summed E-state index contributed by atoms with van der Waals surface area (Å²) in [6, 6.07) is 8.30. The van der Waals surface area contributed by atoms with E-state index in [4.69, 9.17) is 10.5 Å². The first-order chi connectivity index (χ1) is 9.26. The van der Waals surface area contributed by atoms with Crippen LogP contribution in [0, 0.1) is 5.92 Å². The average molecular weight is 262 g/mol. The largest absolute Gasteiger partial charge is 0.383 e. The highest BCUT2D eigenvalue weighted by atomic mass is 16.5. The molecule has 0 aliphatic heterocycles. The van der Waals surface area contributed by atoms with Gasteiger partial charge in [0.15, 0.2) is 0 Å². The highest BCUT2D eigenvalue weighted by Gasteiger charge is 2.29. The van der Waals surface area contributed by atoms with E-state index in [0.29, 0.717) is 26.2 Å². The van der Waals surface area contributed by atoms with Crippen molar-refractivity contribution >= 4 is 5.91 Å². The second kappa shape index (κ2) is 6.68. The lowest BCUT2D eigenvalue weighted by Gasteiger charge is -2.24. The van der Waals surface area contributed by atoms with Gasteiger partial charge >= 0.3 is 0 Å². The van der Waals surface area contributed by atoms with Crippen molar-refractivity contribution < 1.29 is 9.53 Å². The van der Waals surface area contributed by atoms with Crippen molar-refractivity contribution in [3.05, 3.63) is 35.4 Å². The van der Waals surface area contributed by atoms with E-state index < -0.39 is 0 Å². The number of nitrogens with two attached hydrogens (primary N) is 1. The van der Waals surface area contributed by atoms with Gasteiger partial charge in [-0.05, 0) is 24.0 Å². The van der Waals surface area contributed by atoms with Crippen molar-refractivity contribution in [2.75, 3.05) is 33.4 Å². The molecule has 1 amide bonds. The summed E-state index contributed by atoms with van der Waals surface area (Å²) in [7, 11) is 1.65. The Labute approximate surface area is 114 Å². The number of rotatable bonds is 6.